The molecule has 0 saturated heterocycles. The molecule has 4 heteroatoms. The van der Waals surface area contributed by atoms with E-state index in [1.807, 2.05) is 0 Å². The normalized spacial score (nSPS) is 0. The molecule has 0 aliphatic carbocycles. The Labute approximate surface area is 55.9 Å². The van der Waals surface area contributed by atoms with Gasteiger partial charge in [0.05, 0.1) is 0 Å². The van der Waals surface area contributed by atoms with Crippen LogP contribution in [0.1, 0.15) is 0 Å². The van der Waals surface area contributed by atoms with Gasteiger partial charge in [-0.15, -0.1) is 0 Å². The predicted octanol–water partition coefficient (Wildman–Crippen LogP) is -2.28. The van der Waals surface area contributed by atoms with Crippen molar-refractivity contribution in [3.63, 3.8) is 0 Å². The summed E-state index contributed by atoms with van der Waals surface area (Å²) in [5.41, 5.74) is 0. The van der Waals surface area contributed by atoms with Gasteiger partial charge in [0.25, 0.3) is 0 Å². The maximum Gasteiger partial charge on any atom is 0 e. The molecule has 0 aromatic heterocycles. The third-order valence-corrected chi connectivity index (χ3v) is 0. The number of rotatable bonds is 0. The van der Waals surface area contributed by atoms with Crippen molar-refractivity contribution in [2.75, 3.05) is 0 Å². The van der Waals surface area contributed by atoms with Crippen molar-refractivity contribution < 1.29 is 22.0 Å². The topological polar surface area (TPSA) is 30.0 Å². The van der Waals surface area contributed by atoms with Gasteiger partial charge in [-0.1, -0.05) is 0 Å². The largest absolute Gasteiger partial charge is 0.870 e. The van der Waals surface area contributed by atoms with Gasteiger partial charge < -0.3 is 5.48 Å². The maximum absolute atomic E-state index is 0. The second-order valence-corrected chi connectivity index (χ2v) is 0. The molecule has 0 heterocycles. The summed E-state index contributed by atoms with van der Waals surface area (Å²) >= 11 is 0. The molecule has 0 bridgehead atoms. The Morgan fingerprint density at radius 1 is 1.00 bits per heavy atom. The van der Waals surface area contributed by atoms with Gasteiger partial charge in [-0.3, -0.25) is 0 Å². The summed E-state index contributed by atoms with van der Waals surface area (Å²) in [7, 11) is 0. The predicted molar refractivity (Wildman–Crippen MR) is 20.4 cm³/mol. The Bertz CT molecular complexity index is 8.00. The minimum atomic E-state index is 0. The van der Waals surface area contributed by atoms with Crippen LogP contribution < -0.4 is 0 Å². The van der Waals surface area contributed by atoms with Gasteiger partial charge in [0.15, 0.2) is 0 Å². The summed E-state index contributed by atoms with van der Waals surface area (Å²) in [6.45, 7) is 0. The van der Waals surface area contributed by atoms with E-state index < -0.39 is 0 Å². The van der Waals surface area contributed by atoms with Gasteiger partial charge in [-0.25, -0.2) is 0 Å². The molecule has 0 atom stereocenters. The molecule has 0 saturated carbocycles. The van der Waals surface area contributed by atoms with Crippen LogP contribution in [-0.2, 0) is 16.5 Å². The first kappa shape index (κ1) is 51.8. The van der Waals surface area contributed by atoms with E-state index in [4.69, 9.17) is 0 Å². The third kappa shape index (κ3) is 9.89. The molecule has 0 aromatic carbocycles. The van der Waals surface area contributed by atoms with Crippen LogP contribution in [0.5, 0.6) is 0 Å². The molecular weight excluding hydrogens is 127 g/mol. The Hall–Kier alpha value is 1.44. The van der Waals surface area contributed by atoms with Crippen LogP contribution in [0.3, 0.4) is 0 Å². The quantitative estimate of drug-likeness (QED) is 0.342. The zero-order valence-corrected chi connectivity index (χ0v) is 4.75. The molecule has 0 rings (SSSR count). The molecule has 0 spiro atoms. The monoisotopic (exact) mass is 132 g/mol. The van der Waals surface area contributed by atoms with Crippen molar-refractivity contribution in [2.24, 2.45) is 0 Å². The van der Waals surface area contributed by atoms with Gasteiger partial charge in [-0.05, 0) is 11.0 Å². The molecular formula is H6MgNiOSi. The van der Waals surface area contributed by atoms with Crippen LogP contribution in [0.4, 0.5) is 0 Å². The van der Waals surface area contributed by atoms with Crippen molar-refractivity contribution in [1.82, 2.24) is 0 Å². The van der Waals surface area contributed by atoms with Crippen LogP contribution in [0.2, 0.25) is 0 Å². The Morgan fingerprint density at radius 3 is 1.00 bits per heavy atom. The van der Waals surface area contributed by atoms with Gasteiger partial charge in [0.1, 0.15) is 0 Å². The first-order valence-electron chi connectivity index (χ1n) is 0. The Balaban J connectivity index is 0. The van der Waals surface area contributed by atoms with Gasteiger partial charge in [-0.2, -0.15) is 0 Å². The van der Waals surface area contributed by atoms with Crippen molar-refractivity contribution in [1.29, 1.82) is 0 Å². The number of hydrogen-bond donors (Lipinski definition) is 0. The second-order valence-electron chi connectivity index (χ2n) is 0. The molecule has 4 heavy (non-hydrogen) atoms. The maximum atomic E-state index is 0. The van der Waals surface area contributed by atoms with E-state index in [0.717, 1.165) is 0 Å². The first-order valence-corrected chi connectivity index (χ1v) is 0. The molecule has 28 valence electrons. The molecule has 0 aliphatic heterocycles. The van der Waals surface area contributed by atoms with Crippen LogP contribution in [0.15, 0.2) is 0 Å². The van der Waals surface area contributed by atoms with E-state index in [-0.39, 0.29) is 56.0 Å². The minimum Gasteiger partial charge on any atom is -0.870 e. The molecule has 0 radical (unpaired) electrons. The Kier molecular flexibility index (Phi) is 329. The van der Waals surface area contributed by atoms with E-state index in [0.29, 0.717) is 0 Å². The molecule has 0 aromatic rings. The van der Waals surface area contributed by atoms with E-state index in [2.05, 4.69) is 0 Å². The number of hydrogen-bond acceptors (Lipinski definition) is 1. The van der Waals surface area contributed by atoms with E-state index in [1.54, 1.807) is 0 Å². The third-order valence-electron chi connectivity index (χ3n) is 0. The van der Waals surface area contributed by atoms with Crippen molar-refractivity contribution in [2.45, 2.75) is 0 Å². The summed E-state index contributed by atoms with van der Waals surface area (Å²) < 4.78 is 0. The standard InChI is InChI=1S/Mg.Ni.H2O.H4Si.H/h;;1H2;1H4;/q+1;;;;/p-1. The van der Waals surface area contributed by atoms with Crippen molar-refractivity contribution in [3.05, 3.63) is 0 Å². The second kappa shape index (κ2) is 25.4. The van der Waals surface area contributed by atoms with Crippen LogP contribution in [-0.4, -0.2) is 39.5 Å². The molecule has 0 aliphatic rings. The van der Waals surface area contributed by atoms with Crippen LogP contribution in [0.25, 0.3) is 0 Å². The van der Waals surface area contributed by atoms with Crippen molar-refractivity contribution >= 4 is 34.0 Å². The molecule has 1 N–H and O–H groups in total. The van der Waals surface area contributed by atoms with E-state index in [9.17, 15) is 0 Å². The van der Waals surface area contributed by atoms with Crippen molar-refractivity contribution in [3.8, 4) is 0 Å². The average Bonchev–Trinajstić information content (AvgIpc) is 0. The summed E-state index contributed by atoms with van der Waals surface area (Å²) in [5.74, 6) is 0. The van der Waals surface area contributed by atoms with Crippen LogP contribution in [0, 0.1) is 0 Å². The fraction of sp³-hybridized carbons (Fsp3) is 0. The minimum absolute atomic E-state index is 0. The van der Waals surface area contributed by atoms with Gasteiger partial charge in [0, 0.05) is 16.5 Å². The summed E-state index contributed by atoms with van der Waals surface area (Å²) in [6.07, 6.45) is 0. The zero-order valence-electron chi connectivity index (χ0n) is 1.76. The van der Waals surface area contributed by atoms with Gasteiger partial charge >= 0.3 is 23.1 Å². The fourth-order valence-corrected chi connectivity index (χ4v) is 0. The molecule has 0 amide bonds. The van der Waals surface area contributed by atoms with E-state index >= 15 is 0 Å². The molecule has 0 unspecified atom stereocenters. The first-order chi connectivity index (χ1) is 0. The zero-order chi connectivity index (χ0) is 0. The Morgan fingerprint density at radius 2 is 1.00 bits per heavy atom. The molecule has 1 nitrogen and oxygen atoms in total. The summed E-state index contributed by atoms with van der Waals surface area (Å²) in [6, 6.07) is 0. The smallest absolute Gasteiger partial charge is 0 e. The average molecular weight is 133 g/mol. The SMILES string of the molecule is [MgH+].[Ni].[OH-].[SiH4]. The summed E-state index contributed by atoms with van der Waals surface area (Å²) in [5, 5.41) is 0. The van der Waals surface area contributed by atoms with Gasteiger partial charge in [0.2, 0.25) is 0 Å². The van der Waals surface area contributed by atoms with E-state index in [1.165, 1.54) is 0 Å². The fourth-order valence-electron chi connectivity index (χ4n) is 0. The molecule has 0 fully saturated rings. The van der Waals surface area contributed by atoms with Crippen LogP contribution >= 0.6 is 0 Å². The summed E-state index contributed by atoms with van der Waals surface area (Å²) in [4.78, 5) is 0.